The van der Waals surface area contributed by atoms with Crippen molar-refractivity contribution >= 4 is 29.1 Å². The van der Waals surface area contributed by atoms with Gasteiger partial charge < -0.3 is 19.1 Å². The fourth-order valence-corrected chi connectivity index (χ4v) is 4.66. The van der Waals surface area contributed by atoms with Crippen molar-refractivity contribution < 1.29 is 32.7 Å². The molecule has 0 aliphatic carbocycles. The molecule has 4 aromatic rings. The first-order valence-electron chi connectivity index (χ1n) is 12.5. The summed E-state index contributed by atoms with van der Waals surface area (Å²) >= 11 is 6.19. The number of esters is 1. The number of hydrogen-bond acceptors (Lipinski definition) is 9. The van der Waals surface area contributed by atoms with E-state index in [1.54, 1.807) is 53.4 Å². The molecule has 11 nitrogen and oxygen atoms in total. The Morgan fingerprint density at radius 2 is 1.53 bits per heavy atom. The maximum Gasteiger partial charge on any atom is 0.347 e. The third-order valence-electron chi connectivity index (χ3n) is 6.46. The first kappa shape index (κ1) is 30.9. The van der Waals surface area contributed by atoms with Gasteiger partial charge in [-0.1, -0.05) is 35.9 Å². The van der Waals surface area contributed by atoms with Gasteiger partial charge in [-0.15, -0.1) is 0 Å². The van der Waals surface area contributed by atoms with Crippen molar-refractivity contribution in [3.8, 4) is 17.2 Å². The molecule has 0 saturated carbocycles. The number of carbonyl (C=O) groups is 1. The average molecular weight is 615 g/mol. The second-order valence-electron chi connectivity index (χ2n) is 9.09. The van der Waals surface area contributed by atoms with Crippen LogP contribution in [0.1, 0.15) is 33.5 Å². The monoisotopic (exact) mass is 614 g/mol. The SMILES string of the molecule is COC(=O)c1c(N(Cc2ccc(OC)cc2)Cc2ccc(OC)cc2)ncn(-c2c(Cl)cc(C(F)F)cc2[N+](=O)[O-])c1=O. The Hall–Kier alpha value is -5.04. The molecule has 0 saturated heterocycles. The first-order chi connectivity index (χ1) is 20.6. The van der Waals surface area contributed by atoms with Crippen LogP contribution in [-0.4, -0.2) is 41.8 Å². The van der Waals surface area contributed by atoms with Crippen molar-refractivity contribution in [3.63, 3.8) is 0 Å². The minimum absolute atomic E-state index is 0.0808. The van der Waals surface area contributed by atoms with Crippen LogP contribution in [0.3, 0.4) is 0 Å². The summed E-state index contributed by atoms with van der Waals surface area (Å²) in [5, 5.41) is 11.3. The molecule has 224 valence electrons. The first-order valence-corrected chi connectivity index (χ1v) is 12.9. The van der Waals surface area contributed by atoms with Gasteiger partial charge >= 0.3 is 5.97 Å². The van der Waals surface area contributed by atoms with Gasteiger partial charge in [-0.2, -0.15) is 0 Å². The molecule has 1 aromatic heterocycles. The van der Waals surface area contributed by atoms with Crippen molar-refractivity contribution in [1.82, 2.24) is 9.55 Å². The summed E-state index contributed by atoms with van der Waals surface area (Å²) in [6.45, 7) is 0.334. The van der Waals surface area contributed by atoms with Crippen LogP contribution in [-0.2, 0) is 17.8 Å². The number of alkyl halides is 2. The lowest BCUT2D eigenvalue weighted by Gasteiger charge is -2.26. The molecule has 0 bridgehead atoms. The van der Waals surface area contributed by atoms with Crippen LogP contribution in [0.4, 0.5) is 20.3 Å². The van der Waals surface area contributed by atoms with E-state index in [-0.39, 0.29) is 18.9 Å². The van der Waals surface area contributed by atoms with E-state index in [2.05, 4.69) is 4.98 Å². The van der Waals surface area contributed by atoms with Gasteiger partial charge in [-0.3, -0.25) is 19.5 Å². The van der Waals surface area contributed by atoms with Gasteiger partial charge in [0.1, 0.15) is 23.5 Å². The van der Waals surface area contributed by atoms with Crippen LogP contribution in [0.2, 0.25) is 5.02 Å². The molecule has 0 spiro atoms. The van der Waals surface area contributed by atoms with Crippen LogP contribution in [0, 0.1) is 10.1 Å². The maximum absolute atomic E-state index is 13.8. The average Bonchev–Trinajstić information content (AvgIpc) is 3.00. The van der Waals surface area contributed by atoms with Crippen LogP contribution in [0.15, 0.2) is 71.8 Å². The molecular formula is C29H25ClF2N4O7. The van der Waals surface area contributed by atoms with Crippen molar-refractivity contribution in [2.24, 2.45) is 0 Å². The summed E-state index contributed by atoms with van der Waals surface area (Å²) < 4.78 is 42.7. The summed E-state index contributed by atoms with van der Waals surface area (Å²) in [6, 6.07) is 15.6. The van der Waals surface area contributed by atoms with E-state index in [4.69, 9.17) is 25.8 Å². The predicted molar refractivity (Wildman–Crippen MR) is 154 cm³/mol. The van der Waals surface area contributed by atoms with E-state index in [0.29, 0.717) is 22.1 Å². The summed E-state index contributed by atoms with van der Waals surface area (Å²) in [6.07, 6.45) is -2.10. The summed E-state index contributed by atoms with van der Waals surface area (Å²) in [4.78, 5) is 43.8. The van der Waals surface area contributed by atoms with Gasteiger partial charge in [-0.05, 0) is 41.5 Å². The van der Waals surface area contributed by atoms with E-state index in [9.17, 15) is 28.5 Å². The number of rotatable bonds is 11. The number of nitrogens with zero attached hydrogens (tertiary/aromatic N) is 4. The third kappa shape index (κ3) is 6.72. The minimum atomic E-state index is -3.06. The van der Waals surface area contributed by atoms with Gasteiger partial charge in [0.15, 0.2) is 11.4 Å². The van der Waals surface area contributed by atoms with Gasteiger partial charge in [0, 0.05) is 24.7 Å². The number of nitro benzene ring substituents is 1. The van der Waals surface area contributed by atoms with Crippen molar-refractivity contribution in [2.45, 2.75) is 19.5 Å². The largest absolute Gasteiger partial charge is 0.497 e. The molecule has 0 aliphatic heterocycles. The van der Waals surface area contributed by atoms with E-state index < -0.39 is 50.4 Å². The molecule has 14 heteroatoms. The van der Waals surface area contributed by atoms with Crippen LogP contribution < -0.4 is 19.9 Å². The number of benzene rings is 3. The number of methoxy groups -OCH3 is 3. The Bertz CT molecular complexity index is 1650. The molecule has 3 aromatic carbocycles. The number of aromatic nitrogens is 2. The predicted octanol–water partition coefficient (Wildman–Crippen LogP) is 5.74. The zero-order chi connectivity index (χ0) is 31.3. The van der Waals surface area contributed by atoms with E-state index >= 15 is 0 Å². The fourth-order valence-electron chi connectivity index (χ4n) is 4.34. The molecule has 1 heterocycles. The standard InChI is InChI=1S/C29H25ClF2N4O7/c1-41-20-8-4-17(5-9-20)14-34(15-18-6-10-21(42-2)11-7-18)27-24(29(38)43-3)28(37)35(16-33-27)25-22(30)12-19(26(31)32)13-23(25)36(39)40/h4-13,16,26H,14-15H2,1-3H3. The second kappa shape index (κ2) is 13.3. The lowest BCUT2D eigenvalue weighted by Crippen LogP contribution is -2.33. The Kier molecular flexibility index (Phi) is 9.56. The van der Waals surface area contributed by atoms with Crippen LogP contribution >= 0.6 is 11.6 Å². The molecule has 0 unspecified atom stereocenters. The molecule has 0 amide bonds. The number of ether oxygens (including phenoxy) is 3. The Morgan fingerprint density at radius 3 is 1.98 bits per heavy atom. The lowest BCUT2D eigenvalue weighted by molar-refractivity contribution is -0.384. The van der Waals surface area contributed by atoms with Crippen molar-refractivity contribution in [3.05, 3.63) is 115 Å². The topological polar surface area (TPSA) is 126 Å². The van der Waals surface area contributed by atoms with E-state index in [1.807, 2.05) is 0 Å². The normalized spacial score (nSPS) is 10.9. The number of nitro groups is 1. The Balaban J connectivity index is 1.91. The number of hydrogen-bond donors (Lipinski definition) is 0. The summed E-state index contributed by atoms with van der Waals surface area (Å²) in [7, 11) is 4.13. The molecule has 0 aliphatic rings. The maximum atomic E-state index is 13.8. The smallest absolute Gasteiger partial charge is 0.347 e. The molecule has 0 fully saturated rings. The fraction of sp³-hybridized carbons (Fsp3) is 0.207. The van der Waals surface area contributed by atoms with Gasteiger partial charge in [-0.25, -0.2) is 18.6 Å². The van der Waals surface area contributed by atoms with Crippen molar-refractivity contribution in [1.29, 1.82) is 0 Å². The molecule has 0 radical (unpaired) electrons. The highest BCUT2D eigenvalue weighted by molar-refractivity contribution is 6.33. The zero-order valence-corrected chi connectivity index (χ0v) is 23.9. The highest BCUT2D eigenvalue weighted by Crippen LogP contribution is 2.35. The molecule has 0 N–H and O–H groups in total. The third-order valence-corrected chi connectivity index (χ3v) is 6.75. The summed E-state index contributed by atoms with van der Waals surface area (Å²) in [5.41, 5.74) is -2.16. The Morgan fingerprint density at radius 1 is 1.00 bits per heavy atom. The molecule has 43 heavy (non-hydrogen) atoms. The van der Waals surface area contributed by atoms with Crippen LogP contribution in [0.5, 0.6) is 11.5 Å². The minimum Gasteiger partial charge on any atom is -0.497 e. The van der Waals surface area contributed by atoms with Gasteiger partial charge in [0.2, 0.25) is 0 Å². The Labute approximate surface area is 249 Å². The summed E-state index contributed by atoms with van der Waals surface area (Å²) in [5.74, 6) is 0.0949. The van der Waals surface area contributed by atoms with E-state index in [1.165, 1.54) is 14.2 Å². The molecule has 0 atom stereocenters. The van der Waals surface area contributed by atoms with Crippen LogP contribution in [0.25, 0.3) is 5.69 Å². The highest BCUT2D eigenvalue weighted by atomic mass is 35.5. The highest BCUT2D eigenvalue weighted by Gasteiger charge is 2.30. The van der Waals surface area contributed by atoms with Gasteiger partial charge in [0.05, 0.1) is 31.3 Å². The van der Waals surface area contributed by atoms with Crippen molar-refractivity contribution in [2.75, 3.05) is 26.2 Å². The lowest BCUT2D eigenvalue weighted by atomic mass is 10.1. The number of anilines is 1. The number of halogens is 3. The van der Waals surface area contributed by atoms with E-state index in [0.717, 1.165) is 30.6 Å². The molecular weight excluding hydrogens is 590 g/mol. The quantitative estimate of drug-likeness (QED) is 0.118. The zero-order valence-electron chi connectivity index (χ0n) is 23.1. The molecule has 4 rings (SSSR count). The van der Waals surface area contributed by atoms with Gasteiger partial charge in [0.25, 0.3) is 17.7 Å². The number of carbonyl (C=O) groups excluding carboxylic acids is 1. The second-order valence-corrected chi connectivity index (χ2v) is 9.50.